The molecule has 1 amide bonds. The Bertz CT molecular complexity index is 748. The van der Waals surface area contributed by atoms with E-state index in [1.807, 2.05) is 13.0 Å². The van der Waals surface area contributed by atoms with Crippen LogP contribution >= 0.6 is 0 Å². The molecule has 3 heteroatoms. The van der Waals surface area contributed by atoms with Gasteiger partial charge in [-0.15, -0.1) is 0 Å². The first-order valence-corrected chi connectivity index (χ1v) is 7.94. The molecule has 4 rings (SSSR count). The minimum atomic E-state index is -0.804. The van der Waals surface area contributed by atoms with Crippen LogP contribution in [-0.4, -0.2) is 5.91 Å². The van der Waals surface area contributed by atoms with E-state index in [0.29, 0.717) is 17.9 Å². The highest BCUT2D eigenvalue weighted by Crippen LogP contribution is 2.60. The van der Waals surface area contributed by atoms with Crippen molar-refractivity contribution in [3.63, 3.8) is 0 Å². The van der Waals surface area contributed by atoms with Gasteiger partial charge in [0.1, 0.15) is 5.82 Å². The Kier molecular flexibility index (Phi) is 2.69. The van der Waals surface area contributed by atoms with Crippen molar-refractivity contribution in [2.45, 2.75) is 38.0 Å². The van der Waals surface area contributed by atoms with E-state index in [0.717, 1.165) is 41.5 Å². The number of primary amides is 1. The summed E-state index contributed by atoms with van der Waals surface area (Å²) in [4.78, 5) is 12.5. The molecule has 0 heterocycles. The number of hydrogen-bond donors (Lipinski definition) is 1. The number of benzene rings is 1. The molecule has 3 unspecified atom stereocenters. The average molecular weight is 297 g/mol. The number of halogens is 1. The first kappa shape index (κ1) is 13.7. The van der Waals surface area contributed by atoms with Crippen molar-refractivity contribution in [3.05, 3.63) is 52.4 Å². The number of carbonyl (C=O) groups is 1. The van der Waals surface area contributed by atoms with E-state index in [2.05, 4.69) is 6.58 Å². The van der Waals surface area contributed by atoms with E-state index in [-0.39, 0.29) is 17.6 Å². The molecule has 0 aromatic heterocycles. The van der Waals surface area contributed by atoms with E-state index in [9.17, 15) is 9.18 Å². The molecule has 0 radical (unpaired) electrons. The third kappa shape index (κ3) is 1.47. The monoisotopic (exact) mass is 297 g/mol. The standard InChI is InChI=1S/C19H20FNO/c1-10-7-14-15(8-10)17(20)6-5-16(14)19(18(21)22)11(2)12-3-4-13(19)9-12/h5-7,12-13H,2-4,8-9H2,1H3,(H2,21,22). The van der Waals surface area contributed by atoms with Crippen LogP contribution in [0.5, 0.6) is 0 Å². The van der Waals surface area contributed by atoms with Crippen LogP contribution in [0.2, 0.25) is 0 Å². The molecule has 2 nitrogen and oxygen atoms in total. The molecule has 1 aromatic carbocycles. The predicted molar refractivity (Wildman–Crippen MR) is 84.6 cm³/mol. The molecule has 2 N–H and O–H groups in total. The van der Waals surface area contributed by atoms with E-state index < -0.39 is 5.41 Å². The molecule has 3 atom stereocenters. The zero-order valence-electron chi connectivity index (χ0n) is 12.8. The Morgan fingerprint density at radius 2 is 2.18 bits per heavy atom. The molecule has 3 aliphatic rings. The molecule has 2 saturated carbocycles. The van der Waals surface area contributed by atoms with Gasteiger partial charge in [0.15, 0.2) is 0 Å². The van der Waals surface area contributed by atoms with Crippen LogP contribution in [0.25, 0.3) is 6.08 Å². The highest BCUT2D eigenvalue weighted by molar-refractivity contribution is 5.94. The minimum absolute atomic E-state index is 0.194. The number of carbonyl (C=O) groups excluding carboxylic acids is 1. The lowest BCUT2D eigenvalue weighted by Gasteiger charge is -2.38. The highest BCUT2D eigenvalue weighted by Gasteiger charge is 2.59. The summed E-state index contributed by atoms with van der Waals surface area (Å²) in [5, 5.41) is 0. The van der Waals surface area contributed by atoms with Gasteiger partial charge in [-0.05, 0) is 67.2 Å². The third-order valence-corrected chi connectivity index (χ3v) is 6.00. The molecule has 0 saturated heterocycles. The van der Waals surface area contributed by atoms with Crippen molar-refractivity contribution in [3.8, 4) is 0 Å². The number of fused-ring (bicyclic) bond motifs is 3. The van der Waals surface area contributed by atoms with Gasteiger partial charge in [-0.2, -0.15) is 0 Å². The van der Waals surface area contributed by atoms with Crippen molar-refractivity contribution in [2.75, 3.05) is 0 Å². The van der Waals surface area contributed by atoms with Crippen LogP contribution in [0, 0.1) is 17.7 Å². The van der Waals surface area contributed by atoms with Gasteiger partial charge in [-0.3, -0.25) is 4.79 Å². The molecule has 0 spiro atoms. The van der Waals surface area contributed by atoms with Crippen molar-refractivity contribution in [1.82, 2.24) is 0 Å². The topological polar surface area (TPSA) is 43.1 Å². The quantitative estimate of drug-likeness (QED) is 0.834. The normalized spacial score (nSPS) is 32.3. The second kappa shape index (κ2) is 4.31. The summed E-state index contributed by atoms with van der Waals surface area (Å²) in [6.07, 6.45) is 5.71. The summed E-state index contributed by atoms with van der Waals surface area (Å²) < 4.78 is 14.2. The van der Waals surface area contributed by atoms with Crippen molar-refractivity contribution >= 4 is 12.0 Å². The van der Waals surface area contributed by atoms with Crippen LogP contribution < -0.4 is 5.73 Å². The van der Waals surface area contributed by atoms with Gasteiger partial charge in [-0.1, -0.05) is 29.9 Å². The molecule has 2 fully saturated rings. The fourth-order valence-electron chi connectivity index (χ4n) is 5.06. The van der Waals surface area contributed by atoms with Crippen molar-refractivity contribution in [1.29, 1.82) is 0 Å². The van der Waals surface area contributed by atoms with Gasteiger partial charge in [-0.25, -0.2) is 4.39 Å². The van der Waals surface area contributed by atoms with Crippen LogP contribution in [-0.2, 0) is 16.6 Å². The second-order valence-electron chi connectivity index (χ2n) is 7.06. The number of nitrogens with two attached hydrogens (primary N) is 1. The maximum absolute atomic E-state index is 14.2. The maximum atomic E-state index is 14.2. The largest absolute Gasteiger partial charge is 0.369 e. The Labute approximate surface area is 129 Å². The number of amides is 1. The van der Waals surface area contributed by atoms with Gasteiger partial charge < -0.3 is 5.73 Å². The Morgan fingerprint density at radius 3 is 2.82 bits per heavy atom. The van der Waals surface area contributed by atoms with E-state index in [1.165, 1.54) is 6.07 Å². The summed E-state index contributed by atoms with van der Waals surface area (Å²) in [6.45, 7) is 6.24. The maximum Gasteiger partial charge on any atom is 0.232 e. The Morgan fingerprint density at radius 1 is 1.41 bits per heavy atom. The van der Waals surface area contributed by atoms with Crippen LogP contribution in [0.3, 0.4) is 0 Å². The van der Waals surface area contributed by atoms with Gasteiger partial charge in [0.25, 0.3) is 0 Å². The van der Waals surface area contributed by atoms with Crippen molar-refractivity contribution in [2.24, 2.45) is 17.6 Å². The number of rotatable bonds is 2. The Balaban J connectivity index is 2.00. The first-order chi connectivity index (χ1) is 10.5. The van der Waals surface area contributed by atoms with Crippen LogP contribution in [0.4, 0.5) is 4.39 Å². The lowest BCUT2D eigenvalue weighted by Crippen LogP contribution is -2.47. The average Bonchev–Trinajstić information content (AvgIpc) is 3.13. The second-order valence-corrected chi connectivity index (χ2v) is 7.06. The van der Waals surface area contributed by atoms with Gasteiger partial charge in [0.2, 0.25) is 5.91 Å². The SMILES string of the molecule is C=C1C2CCC(C2)C1(C(N)=O)c1ccc(F)c2c1C=C(C)C2. The van der Waals surface area contributed by atoms with Gasteiger partial charge in [0.05, 0.1) is 5.41 Å². The summed E-state index contributed by atoms with van der Waals surface area (Å²) in [6, 6.07) is 3.25. The van der Waals surface area contributed by atoms with Crippen molar-refractivity contribution < 1.29 is 9.18 Å². The van der Waals surface area contributed by atoms with Gasteiger partial charge in [0, 0.05) is 0 Å². The van der Waals surface area contributed by atoms with E-state index >= 15 is 0 Å². The van der Waals surface area contributed by atoms with E-state index in [4.69, 9.17) is 5.73 Å². The summed E-state index contributed by atoms with van der Waals surface area (Å²) in [5.41, 5.74) is 9.60. The molecule has 1 aromatic rings. The first-order valence-electron chi connectivity index (χ1n) is 7.94. The number of allylic oxidation sites excluding steroid dienone is 1. The number of hydrogen-bond acceptors (Lipinski definition) is 1. The molecule has 114 valence electrons. The van der Waals surface area contributed by atoms with Gasteiger partial charge >= 0.3 is 0 Å². The predicted octanol–water partition coefficient (Wildman–Crippen LogP) is 3.49. The zero-order chi connectivity index (χ0) is 15.6. The lowest BCUT2D eigenvalue weighted by atomic mass is 9.64. The minimum Gasteiger partial charge on any atom is -0.369 e. The van der Waals surface area contributed by atoms with Crippen LogP contribution in [0.15, 0.2) is 29.9 Å². The van der Waals surface area contributed by atoms with Crippen LogP contribution in [0.1, 0.15) is 42.9 Å². The molecule has 0 aliphatic heterocycles. The molecular formula is C19H20FNO. The third-order valence-electron chi connectivity index (χ3n) is 6.00. The fraction of sp³-hybridized carbons (Fsp3) is 0.421. The lowest BCUT2D eigenvalue weighted by molar-refractivity contribution is -0.123. The smallest absolute Gasteiger partial charge is 0.232 e. The molecular weight excluding hydrogens is 277 g/mol. The molecule has 2 bridgehead atoms. The molecule has 22 heavy (non-hydrogen) atoms. The Hall–Kier alpha value is -1.90. The fourth-order valence-corrected chi connectivity index (χ4v) is 5.06. The highest BCUT2D eigenvalue weighted by atomic mass is 19.1. The summed E-state index contributed by atoms with van der Waals surface area (Å²) in [7, 11) is 0. The molecule has 3 aliphatic carbocycles. The summed E-state index contributed by atoms with van der Waals surface area (Å²) in [5.74, 6) is 0.0766. The zero-order valence-corrected chi connectivity index (χ0v) is 12.8. The van der Waals surface area contributed by atoms with E-state index in [1.54, 1.807) is 6.07 Å². The summed E-state index contributed by atoms with van der Waals surface area (Å²) >= 11 is 0.